The van der Waals surface area contributed by atoms with Crippen molar-refractivity contribution in [3.8, 4) is 0 Å². The van der Waals surface area contributed by atoms with Gasteiger partial charge in [0, 0.05) is 17.9 Å². The van der Waals surface area contributed by atoms with E-state index in [-0.39, 0.29) is 23.9 Å². The lowest BCUT2D eigenvalue weighted by Gasteiger charge is -2.33. The van der Waals surface area contributed by atoms with Crippen LogP contribution in [0, 0.1) is 5.92 Å². The van der Waals surface area contributed by atoms with Crippen molar-refractivity contribution in [3.63, 3.8) is 0 Å². The van der Waals surface area contributed by atoms with E-state index in [1.165, 1.54) is 7.11 Å². The highest BCUT2D eigenvalue weighted by molar-refractivity contribution is 5.86. The second-order valence-corrected chi connectivity index (χ2v) is 7.57. The molecule has 0 unspecified atom stereocenters. The molecule has 2 amide bonds. The van der Waals surface area contributed by atoms with Crippen molar-refractivity contribution in [2.45, 2.75) is 77.9 Å². The number of likely N-dealkylation sites (tertiary alicyclic amines) is 1. The van der Waals surface area contributed by atoms with Crippen LogP contribution in [0.2, 0.25) is 0 Å². The summed E-state index contributed by atoms with van der Waals surface area (Å²) in [4.78, 5) is 34.9. The molecule has 2 heterocycles. The standard InChI is InChI=1S/C19H32N4O3/c1-7-12(4)16(22-19(25)26-6)18(24)23-13(5)8-9-15(23)17-20-10-14(21-17)11(2)3/h10-13,15-16H,7-9H2,1-6H3,(H,20,21)(H,22,25)/t12-,13-,15-,16-/m0/s1. The zero-order valence-corrected chi connectivity index (χ0v) is 16.7. The van der Waals surface area contributed by atoms with Gasteiger partial charge < -0.3 is 19.9 Å². The van der Waals surface area contributed by atoms with Gasteiger partial charge in [0.05, 0.1) is 13.2 Å². The Bertz CT molecular complexity index is 628. The molecule has 0 aromatic carbocycles. The summed E-state index contributed by atoms with van der Waals surface area (Å²) in [7, 11) is 1.31. The highest BCUT2D eigenvalue weighted by atomic mass is 16.5. The van der Waals surface area contributed by atoms with E-state index < -0.39 is 12.1 Å². The summed E-state index contributed by atoms with van der Waals surface area (Å²) < 4.78 is 4.72. The van der Waals surface area contributed by atoms with Gasteiger partial charge in [-0.25, -0.2) is 9.78 Å². The van der Waals surface area contributed by atoms with E-state index in [0.717, 1.165) is 30.8 Å². The molecule has 1 aromatic heterocycles. The van der Waals surface area contributed by atoms with Gasteiger partial charge in [0.25, 0.3) is 0 Å². The molecule has 146 valence electrons. The number of imidazole rings is 1. The van der Waals surface area contributed by atoms with E-state index in [1.54, 1.807) is 0 Å². The Morgan fingerprint density at radius 1 is 1.38 bits per heavy atom. The number of carbonyl (C=O) groups excluding carboxylic acids is 2. The van der Waals surface area contributed by atoms with Crippen LogP contribution in [-0.2, 0) is 9.53 Å². The number of alkyl carbamates (subject to hydrolysis) is 1. The Kier molecular flexibility index (Phi) is 6.67. The molecule has 1 fully saturated rings. The van der Waals surface area contributed by atoms with Crippen LogP contribution in [0.15, 0.2) is 6.20 Å². The summed E-state index contributed by atoms with van der Waals surface area (Å²) in [5.41, 5.74) is 1.07. The maximum Gasteiger partial charge on any atom is 0.407 e. The number of amides is 2. The van der Waals surface area contributed by atoms with Crippen molar-refractivity contribution >= 4 is 12.0 Å². The molecule has 0 saturated carbocycles. The minimum atomic E-state index is -0.602. The largest absolute Gasteiger partial charge is 0.453 e. The molecule has 4 atom stereocenters. The van der Waals surface area contributed by atoms with Crippen LogP contribution in [0.3, 0.4) is 0 Å². The van der Waals surface area contributed by atoms with E-state index in [9.17, 15) is 9.59 Å². The molecule has 0 spiro atoms. The van der Waals surface area contributed by atoms with Crippen molar-refractivity contribution in [1.82, 2.24) is 20.2 Å². The third-order valence-electron chi connectivity index (χ3n) is 5.41. The van der Waals surface area contributed by atoms with Gasteiger partial charge in [0.2, 0.25) is 5.91 Å². The maximum atomic E-state index is 13.3. The van der Waals surface area contributed by atoms with Crippen LogP contribution < -0.4 is 5.32 Å². The number of aromatic nitrogens is 2. The molecular formula is C19H32N4O3. The molecule has 1 aliphatic rings. The topological polar surface area (TPSA) is 87.3 Å². The predicted molar refractivity (Wildman–Crippen MR) is 99.7 cm³/mol. The van der Waals surface area contributed by atoms with Crippen LogP contribution in [0.1, 0.15) is 77.4 Å². The fourth-order valence-electron chi connectivity index (χ4n) is 3.47. The number of hydrogen-bond acceptors (Lipinski definition) is 4. The highest BCUT2D eigenvalue weighted by Gasteiger charge is 2.41. The van der Waals surface area contributed by atoms with Crippen molar-refractivity contribution in [1.29, 1.82) is 0 Å². The molecule has 1 aromatic rings. The van der Waals surface area contributed by atoms with E-state index in [4.69, 9.17) is 4.74 Å². The Morgan fingerprint density at radius 2 is 2.08 bits per heavy atom. The molecule has 1 saturated heterocycles. The third kappa shape index (κ3) is 4.19. The minimum absolute atomic E-state index is 0.0119. The summed E-state index contributed by atoms with van der Waals surface area (Å²) in [6.07, 6.45) is 3.84. The summed E-state index contributed by atoms with van der Waals surface area (Å²) in [6, 6.07) is -0.586. The SMILES string of the molecule is CC[C@H](C)[C@H](NC(=O)OC)C(=O)N1[C@@H](C)CC[C@H]1c1ncc(C(C)C)[nH]1. The average Bonchev–Trinajstić information content (AvgIpc) is 3.24. The minimum Gasteiger partial charge on any atom is -0.453 e. The second-order valence-electron chi connectivity index (χ2n) is 7.57. The molecule has 7 heteroatoms. The molecule has 0 aliphatic carbocycles. The number of nitrogens with zero attached hydrogens (tertiary/aromatic N) is 2. The van der Waals surface area contributed by atoms with E-state index >= 15 is 0 Å². The Labute approximate surface area is 155 Å². The van der Waals surface area contributed by atoms with Gasteiger partial charge in [0.1, 0.15) is 11.9 Å². The van der Waals surface area contributed by atoms with Gasteiger partial charge >= 0.3 is 6.09 Å². The lowest BCUT2D eigenvalue weighted by Crippen LogP contribution is -2.53. The van der Waals surface area contributed by atoms with E-state index in [1.807, 2.05) is 24.9 Å². The monoisotopic (exact) mass is 364 g/mol. The second kappa shape index (κ2) is 8.56. The number of hydrogen-bond donors (Lipinski definition) is 2. The summed E-state index contributed by atoms with van der Waals surface area (Å²) >= 11 is 0. The van der Waals surface area contributed by atoms with Gasteiger partial charge in [-0.3, -0.25) is 4.79 Å². The molecular weight excluding hydrogens is 332 g/mol. The maximum absolute atomic E-state index is 13.3. The first-order valence-corrected chi connectivity index (χ1v) is 9.51. The number of nitrogens with one attached hydrogen (secondary N) is 2. The first kappa shape index (κ1) is 20.3. The van der Waals surface area contributed by atoms with Crippen molar-refractivity contribution in [3.05, 3.63) is 17.7 Å². The van der Waals surface area contributed by atoms with Crippen molar-refractivity contribution < 1.29 is 14.3 Å². The molecule has 0 radical (unpaired) electrons. The summed E-state index contributed by atoms with van der Waals surface area (Å²) in [5.74, 6) is 1.13. The van der Waals surface area contributed by atoms with Crippen LogP contribution in [0.25, 0.3) is 0 Å². The van der Waals surface area contributed by atoms with Crippen molar-refractivity contribution in [2.24, 2.45) is 5.92 Å². The molecule has 0 bridgehead atoms. The Hall–Kier alpha value is -2.05. The van der Waals surface area contributed by atoms with Gasteiger partial charge in [-0.05, 0) is 31.6 Å². The molecule has 26 heavy (non-hydrogen) atoms. The summed E-state index contributed by atoms with van der Waals surface area (Å²) in [5, 5.41) is 2.73. The normalized spacial score (nSPS) is 22.3. The van der Waals surface area contributed by atoms with Gasteiger partial charge in [-0.2, -0.15) is 0 Å². The molecule has 2 rings (SSSR count). The van der Waals surface area contributed by atoms with E-state index in [2.05, 4.69) is 36.1 Å². The first-order chi connectivity index (χ1) is 12.3. The Balaban J connectivity index is 2.27. The average molecular weight is 364 g/mol. The Morgan fingerprint density at radius 3 is 2.62 bits per heavy atom. The van der Waals surface area contributed by atoms with Gasteiger partial charge in [-0.15, -0.1) is 0 Å². The predicted octanol–water partition coefficient (Wildman–Crippen LogP) is 3.36. The van der Waals surface area contributed by atoms with Gasteiger partial charge in [0.15, 0.2) is 0 Å². The smallest absolute Gasteiger partial charge is 0.407 e. The third-order valence-corrected chi connectivity index (χ3v) is 5.41. The van der Waals surface area contributed by atoms with Crippen LogP contribution in [-0.4, -0.2) is 46.1 Å². The van der Waals surface area contributed by atoms with Crippen LogP contribution in [0.5, 0.6) is 0 Å². The zero-order valence-electron chi connectivity index (χ0n) is 16.7. The molecule has 1 aliphatic heterocycles. The van der Waals surface area contributed by atoms with Crippen LogP contribution in [0.4, 0.5) is 4.79 Å². The van der Waals surface area contributed by atoms with E-state index in [0.29, 0.717) is 5.92 Å². The lowest BCUT2D eigenvalue weighted by molar-refractivity contribution is -0.137. The molecule has 7 nitrogen and oxygen atoms in total. The number of H-pyrrole nitrogens is 1. The number of aromatic amines is 1. The zero-order chi connectivity index (χ0) is 19.4. The fraction of sp³-hybridized carbons (Fsp3) is 0.737. The van der Waals surface area contributed by atoms with Gasteiger partial charge in [-0.1, -0.05) is 34.1 Å². The number of methoxy groups -OCH3 is 1. The number of ether oxygens (including phenoxy) is 1. The summed E-state index contributed by atoms with van der Waals surface area (Å²) in [6.45, 7) is 10.2. The first-order valence-electron chi connectivity index (χ1n) is 9.51. The van der Waals surface area contributed by atoms with Crippen molar-refractivity contribution in [2.75, 3.05) is 7.11 Å². The highest BCUT2D eigenvalue weighted by Crippen LogP contribution is 2.36. The molecule has 2 N–H and O–H groups in total. The fourth-order valence-corrected chi connectivity index (χ4v) is 3.47. The quantitative estimate of drug-likeness (QED) is 0.810. The van der Waals surface area contributed by atoms with Crippen LogP contribution >= 0.6 is 0 Å². The number of rotatable bonds is 6. The number of carbonyl (C=O) groups is 2. The lowest BCUT2D eigenvalue weighted by atomic mass is 9.97.